The van der Waals surface area contributed by atoms with Crippen LogP contribution in [-0.4, -0.2) is 52.0 Å². The van der Waals surface area contributed by atoms with Crippen LogP contribution in [0.4, 0.5) is 0 Å². The minimum atomic E-state index is -2.86. The van der Waals surface area contributed by atoms with Gasteiger partial charge in [-0.1, -0.05) is 0 Å². The molecule has 6 heteroatoms. The molecular formula is C11H20N2O3S. The number of nitrogens with zero attached hydrogens (tertiary/aromatic N) is 1. The molecule has 1 aromatic rings. The maximum absolute atomic E-state index is 10.9. The summed E-state index contributed by atoms with van der Waals surface area (Å²) in [6.07, 6.45) is 2.91. The zero-order chi connectivity index (χ0) is 12.7. The van der Waals surface area contributed by atoms with Crippen LogP contribution >= 0.6 is 0 Å². The molecule has 1 N–H and O–H groups in total. The van der Waals surface area contributed by atoms with Crippen LogP contribution in [-0.2, 0) is 16.4 Å². The maximum Gasteiger partial charge on any atom is 0.148 e. The summed E-state index contributed by atoms with van der Waals surface area (Å²) >= 11 is 0. The summed E-state index contributed by atoms with van der Waals surface area (Å²) in [4.78, 5) is 2.12. The Morgan fingerprint density at radius 3 is 2.76 bits per heavy atom. The predicted octanol–water partition coefficient (Wildman–Crippen LogP) is 0.346. The van der Waals surface area contributed by atoms with Crippen molar-refractivity contribution in [2.75, 3.05) is 38.7 Å². The zero-order valence-corrected chi connectivity index (χ0v) is 11.2. The Labute approximate surface area is 103 Å². The highest BCUT2D eigenvalue weighted by Gasteiger charge is 2.03. The first-order valence-electron chi connectivity index (χ1n) is 5.57. The summed E-state index contributed by atoms with van der Waals surface area (Å²) < 4.78 is 27.0. The molecule has 0 unspecified atom stereocenters. The van der Waals surface area contributed by atoms with Crippen molar-refractivity contribution in [1.29, 1.82) is 0 Å². The van der Waals surface area contributed by atoms with Crippen molar-refractivity contribution >= 4 is 9.84 Å². The molecular weight excluding hydrogens is 240 g/mol. The molecule has 0 fully saturated rings. The number of nitrogens with one attached hydrogen (secondary N) is 1. The fourth-order valence-corrected chi connectivity index (χ4v) is 1.92. The predicted molar refractivity (Wildman–Crippen MR) is 67.6 cm³/mol. The van der Waals surface area contributed by atoms with E-state index in [-0.39, 0.29) is 5.75 Å². The summed E-state index contributed by atoms with van der Waals surface area (Å²) in [7, 11) is -0.856. The highest BCUT2D eigenvalue weighted by Crippen LogP contribution is 2.02. The number of sulfone groups is 1. The molecule has 0 aliphatic heterocycles. The molecule has 5 nitrogen and oxygen atoms in total. The van der Waals surface area contributed by atoms with Gasteiger partial charge in [-0.15, -0.1) is 0 Å². The molecule has 0 saturated carbocycles. The normalized spacial score (nSPS) is 12.2. The Bertz CT molecular complexity index is 400. The van der Waals surface area contributed by atoms with Crippen LogP contribution < -0.4 is 5.32 Å². The monoisotopic (exact) mass is 260 g/mol. The van der Waals surface area contributed by atoms with Gasteiger partial charge in [0.05, 0.1) is 18.6 Å². The molecule has 0 radical (unpaired) electrons. The second-order valence-electron chi connectivity index (χ2n) is 4.20. The third-order valence-electron chi connectivity index (χ3n) is 2.33. The zero-order valence-electron chi connectivity index (χ0n) is 10.3. The van der Waals surface area contributed by atoms with E-state index in [0.717, 1.165) is 25.4 Å². The smallest absolute Gasteiger partial charge is 0.148 e. The number of hydrogen-bond donors (Lipinski definition) is 1. The highest BCUT2D eigenvalue weighted by molar-refractivity contribution is 7.90. The van der Waals surface area contributed by atoms with Crippen molar-refractivity contribution in [2.24, 2.45) is 0 Å². The van der Waals surface area contributed by atoms with E-state index in [0.29, 0.717) is 6.54 Å². The SMILES string of the molecule is CN(CCNCCS(C)(=O)=O)Cc1ccco1. The van der Waals surface area contributed by atoms with Gasteiger partial charge < -0.3 is 9.73 Å². The quantitative estimate of drug-likeness (QED) is 0.683. The molecule has 0 atom stereocenters. The first kappa shape index (κ1) is 14.2. The van der Waals surface area contributed by atoms with E-state index in [9.17, 15) is 8.42 Å². The van der Waals surface area contributed by atoms with Crippen LogP contribution in [0.15, 0.2) is 22.8 Å². The van der Waals surface area contributed by atoms with Gasteiger partial charge in [0.25, 0.3) is 0 Å². The van der Waals surface area contributed by atoms with Crippen LogP contribution in [0.1, 0.15) is 5.76 Å². The lowest BCUT2D eigenvalue weighted by molar-refractivity contribution is 0.295. The van der Waals surface area contributed by atoms with Crippen molar-refractivity contribution in [2.45, 2.75) is 6.54 Å². The van der Waals surface area contributed by atoms with Crippen LogP contribution in [0.25, 0.3) is 0 Å². The number of furan rings is 1. The van der Waals surface area contributed by atoms with Gasteiger partial charge in [-0.3, -0.25) is 4.90 Å². The molecule has 0 aliphatic rings. The Hall–Kier alpha value is -0.850. The number of rotatable bonds is 8. The van der Waals surface area contributed by atoms with Gasteiger partial charge in [-0.2, -0.15) is 0 Å². The summed E-state index contributed by atoms with van der Waals surface area (Å²) in [5, 5.41) is 3.10. The topological polar surface area (TPSA) is 62.6 Å². The third kappa shape index (κ3) is 7.14. The van der Waals surface area contributed by atoms with Crippen molar-refractivity contribution in [3.63, 3.8) is 0 Å². The molecule has 0 spiro atoms. The van der Waals surface area contributed by atoms with Gasteiger partial charge in [0.2, 0.25) is 0 Å². The first-order chi connectivity index (χ1) is 7.97. The van der Waals surface area contributed by atoms with Crippen molar-refractivity contribution in [1.82, 2.24) is 10.2 Å². The molecule has 0 bridgehead atoms. The molecule has 1 rings (SSSR count). The summed E-state index contributed by atoms with van der Waals surface area (Å²) in [5.41, 5.74) is 0. The van der Waals surface area contributed by atoms with Crippen molar-refractivity contribution in [3.8, 4) is 0 Å². The van der Waals surface area contributed by atoms with E-state index in [1.165, 1.54) is 6.26 Å². The van der Waals surface area contributed by atoms with Gasteiger partial charge in [0.15, 0.2) is 0 Å². The van der Waals surface area contributed by atoms with Gasteiger partial charge in [0.1, 0.15) is 15.6 Å². The first-order valence-corrected chi connectivity index (χ1v) is 7.63. The van der Waals surface area contributed by atoms with Crippen LogP contribution in [0.5, 0.6) is 0 Å². The molecule has 0 amide bonds. The van der Waals surface area contributed by atoms with Crippen LogP contribution in [0.3, 0.4) is 0 Å². The van der Waals surface area contributed by atoms with Gasteiger partial charge in [0, 0.05) is 25.9 Å². The van der Waals surface area contributed by atoms with E-state index < -0.39 is 9.84 Å². The van der Waals surface area contributed by atoms with E-state index in [1.54, 1.807) is 6.26 Å². The lowest BCUT2D eigenvalue weighted by atomic mass is 10.4. The maximum atomic E-state index is 10.9. The third-order valence-corrected chi connectivity index (χ3v) is 3.27. The Morgan fingerprint density at radius 2 is 2.18 bits per heavy atom. The molecule has 0 aromatic carbocycles. The Morgan fingerprint density at radius 1 is 1.41 bits per heavy atom. The lowest BCUT2D eigenvalue weighted by Crippen LogP contribution is -2.31. The largest absolute Gasteiger partial charge is 0.468 e. The van der Waals surface area contributed by atoms with E-state index in [4.69, 9.17) is 4.42 Å². The molecule has 1 aromatic heterocycles. The van der Waals surface area contributed by atoms with Gasteiger partial charge in [-0.05, 0) is 19.2 Å². The standard InChI is InChI=1S/C11H20N2O3S/c1-13(10-11-4-3-8-16-11)7-5-12-6-9-17(2,14)15/h3-4,8,12H,5-7,9-10H2,1-2H3. The molecule has 0 saturated heterocycles. The molecule has 1 heterocycles. The Kier molecular flexibility index (Phi) is 5.67. The molecule has 0 aliphatic carbocycles. The highest BCUT2D eigenvalue weighted by atomic mass is 32.2. The molecule has 17 heavy (non-hydrogen) atoms. The van der Waals surface area contributed by atoms with Gasteiger partial charge in [-0.25, -0.2) is 8.42 Å². The fourth-order valence-electron chi connectivity index (χ4n) is 1.40. The van der Waals surface area contributed by atoms with E-state index in [2.05, 4.69) is 10.2 Å². The average molecular weight is 260 g/mol. The van der Waals surface area contributed by atoms with E-state index in [1.807, 2.05) is 19.2 Å². The number of likely N-dealkylation sites (N-methyl/N-ethyl adjacent to an activating group) is 1. The summed E-state index contributed by atoms with van der Waals surface area (Å²) in [5.74, 6) is 1.12. The molecule has 98 valence electrons. The van der Waals surface area contributed by atoms with Crippen molar-refractivity contribution < 1.29 is 12.8 Å². The Balaban J connectivity index is 2.06. The fraction of sp³-hybridized carbons (Fsp3) is 0.636. The van der Waals surface area contributed by atoms with Crippen molar-refractivity contribution in [3.05, 3.63) is 24.2 Å². The lowest BCUT2D eigenvalue weighted by Gasteiger charge is -2.15. The average Bonchev–Trinajstić information content (AvgIpc) is 2.68. The van der Waals surface area contributed by atoms with Crippen LogP contribution in [0, 0.1) is 0 Å². The van der Waals surface area contributed by atoms with Crippen LogP contribution in [0.2, 0.25) is 0 Å². The second kappa shape index (κ2) is 6.78. The summed E-state index contributed by atoms with van der Waals surface area (Å²) in [6.45, 7) is 2.89. The van der Waals surface area contributed by atoms with E-state index >= 15 is 0 Å². The minimum absolute atomic E-state index is 0.189. The second-order valence-corrected chi connectivity index (χ2v) is 6.46. The number of hydrogen-bond acceptors (Lipinski definition) is 5. The van der Waals surface area contributed by atoms with Gasteiger partial charge >= 0.3 is 0 Å². The minimum Gasteiger partial charge on any atom is -0.468 e. The summed E-state index contributed by atoms with van der Waals surface area (Å²) in [6, 6.07) is 3.81.